The van der Waals surface area contributed by atoms with Gasteiger partial charge >= 0.3 is 5.97 Å². The van der Waals surface area contributed by atoms with Crippen molar-refractivity contribution in [1.29, 1.82) is 0 Å². The lowest BCUT2D eigenvalue weighted by Gasteiger charge is -2.07. The van der Waals surface area contributed by atoms with Gasteiger partial charge in [-0.15, -0.1) is 0 Å². The smallest absolute Gasteiger partial charge is 0.338 e. The third-order valence-corrected chi connectivity index (χ3v) is 4.91. The maximum Gasteiger partial charge on any atom is 0.338 e. The van der Waals surface area contributed by atoms with E-state index >= 15 is 0 Å². The molecule has 0 saturated carbocycles. The van der Waals surface area contributed by atoms with Gasteiger partial charge in [0, 0.05) is 25.4 Å². The Morgan fingerprint density at radius 3 is 2.71 bits per heavy atom. The number of aromatic nitrogens is 4. The normalized spacial score (nSPS) is 10.7. The van der Waals surface area contributed by atoms with E-state index in [0.717, 1.165) is 15.7 Å². The third-order valence-electron chi connectivity index (χ3n) is 4.13. The zero-order chi connectivity index (χ0) is 20.1. The monoisotopic (exact) mass is 445 g/mol. The average Bonchev–Trinajstić information content (AvgIpc) is 3.25. The summed E-state index contributed by atoms with van der Waals surface area (Å²) >= 11 is 3.40. The summed E-state index contributed by atoms with van der Waals surface area (Å²) in [5, 5.41) is 11.4. The number of carbonyl (C=O) groups excluding carboxylic acids is 2. The van der Waals surface area contributed by atoms with Crippen molar-refractivity contribution in [1.82, 2.24) is 19.6 Å². The first-order valence-electron chi connectivity index (χ1n) is 8.64. The van der Waals surface area contributed by atoms with Crippen LogP contribution < -0.4 is 5.32 Å². The Bertz CT molecular complexity index is 976. The van der Waals surface area contributed by atoms with Crippen LogP contribution in [0.1, 0.15) is 28.0 Å². The van der Waals surface area contributed by atoms with Gasteiger partial charge in [-0.3, -0.25) is 14.2 Å². The standard InChI is InChI=1S/C19H20BrN5O3/c1-13-17(20)12-24(23-13)8-7-18(26)22-15-9-21-25(11-15)10-14-5-3-4-6-16(14)19(27)28-2/h3-6,9,11-12H,7-8,10H2,1-2H3,(H,22,26). The Morgan fingerprint density at radius 2 is 2.00 bits per heavy atom. The second kappa shape index (κ2) is 8.83. The predicted molar refractivity (Wildman–Crippen MR) is 107 cm³/mol. The van der Waals surface area contributed by atoms with Crippen molar-refractivity contribution in [2.24, 2.45) is 0 Å². The molecule has 1 N–H and O–H groups in total. The van der Waals surface area contributed by atoms with E-state index in [-0.39, 0.29) is 5.91 Å². The summed E-state index contributed by atoms with van der Waals surface area (Å²) in [4.78, 5) is 24.0. The highest BCUT2D eigenvalue weighted by Crippen LogP contribution is 2.15. The van der Waals surface area contributed by atoms with E-state index in [0.29, 0.717) is 30.8 Å². The Morgan fingerprint density at radius 1 is 1.21 bits per heavy atom. The minimum absolute atomic E-state index is 0.126. The number of benzene rings is 1. The molecule has 0 aliphatic rings. The van der Waals surface area contributed by atoms with Crippen LogP contribution in [0.5, 0.6) is 0 Å². The van der Waals surface area contributed by atoms with Gasteiger partial charge in [-0.1, -0.05) is 18.2 Å². The van der Waals surface area contributed by atoms with E-state index in [1.54, 1.807) is 33.9 Å². The molecular formula is C19H20BrN5O3. The summed E-state index contributed by atoms with van der Waals surface area (Å²) in [6, 6.07) is 7.19. The predicted octanol–water partition coefficient (Wildman–Crippen LogP) is 3.01. The summed E-state index contributed by atoms with van der Waals surface area (Å²) in [5.41, 5.74) is 2.76. The quantitative estimate of drug-likeness (QED) is 0.564. The molecule has 3 rings (SSSR count). The summed E-state index contributed by atoms with van der Waals surface area (Å²) < 4.78 is 9.11. The number of nitrogens with one attached hydrogen (secondary N) is 1. The molecule has 0 spiro atoms. The molecule has 0 saturated heterocycles. The zero-order valence-corrected chi connectivity index (χ0v) is 17.1. The molecule has 0 atom stereocenters. The summed E-state index contributed by atoms with van der Waals surface area (Å²) in [6.45, 7) is 2.77. The van der Waals surface area contributed by atoms with Crippen LogP contribution in [0.15, 0.2) is 47.3 Å². The summed E-state index contributed by atoms with van der Waals surface area (Å²) in [6.07, 6.45) is 5.44. The summed E-state index contributed by atoms with van der Waals surface area (Å²) in [5.74, 6) is -0.518. The number of amides is 1. The van der Waals surface area contributed by atoms with Gasteiger partial charge < -0.3 is 10.1 Å². The van der Waals surface area contributed by atoms with Gasteiger partial charge in [0.1, 0.15) is 0 Å². The molecule has 28 heavy (non-hydrogen) atoms. The van der Waals surface area contributed by atoms with E-state index in [9.17, 15) is 9.59 Å². The molecule has 1 aromatic carbocycles. The van der Waals surface area contributed by atoms with Crippen LogP contribution in [0.4, 0.5) is 5.69 Å². The number of hydrogen-bond donors (Lipinski definition) is 1. The van der Waals surface area contributed by atoms with E-state index < -0.39 is 5.97 Å². The molecule has 3 aromatic rings. The summed E-state index contributed by atoms with van der Waals surface area (Å²) in [7, 11) is 1.35. The van der Waals surface area contributed by atoms with Crippen LogP contribution in [0.25, 0.3) is 0 Å². The number of halogens is 1. The van der Waals surface area contributed by atoms with Crippen LogP contribution in [0.3, 0.4) is 0 Å². The molecule has 8 nitrogen and oxygen atoms in total. The molecular weight excluding hydrogens is 426 g/mol. The van der Waals surface area contributed by atoms with Crippen LogP contribution >= 0.6 is 15.9 Å². The molecule has 0 radical (unpaired) electrons. The Kier molecular flexibility index (Phi) is 6.25. The first kappa shape index (κ1) is 19.8. The lowest BCUT2D eigenvalue weighted by atomic mass is 10.1. The van der Waals surface area contributed by atoms with Crippen molar-refractivity contribution >= 4 is 33.5 Å². The van der Waals surface area contributed by atoms with E-state index in [2.05, 4.69) is 31.4 Å². The lowest BCUT2D eigenvalue weighted by molar-refractivity contribution is -0.116. The minimum atomic E-state index is -0.392. The van der Waals surface area contributed by atoms with Crippen molar-refractivity contribution < 1.29 is 14.3 Å². The first-order chi connectivity index (χ1) is 13.5. The van der Waals surface area contributed by atoms with Gasteiger partial charge in [-0.25, -0.2) is 4.79 Å². The zero-order valence-electron chi connectivity index (χ0n) is 15.6. The maximum atomic E-state index is 12.2. The van der Waals surface area contributed by atoms with Gasteiger partial charge in [0.2, 0.25) is 5.91 Å². The van der Waals surface area contributed by atoms with E-state index in [4.69, 9.17) is 4.74 Å². The highest BCUT2D eigenvalue weighted by molar-refractivity contribution is 9.10. The number of hydrogen-bond acceptors (Lipinski definition) is 5. The van der Waals surface area contributed by atoms with Crippen molar-refractivity contribution in [2.75, 3.05) is 12.4 Å². The number of methoxy groups -OCH3 is 1. The van der Waals surface area contributed by atoms with Crippen molar-refractivity contribution in [3.63, 3.8) is 0 Å². The highest BCUT2D eigenvalue weighted by atomic mass is 79.9. The van der Waals surface area contributed by atoms with Gasteiger partial charge in [-0.2, -0.15) is 10.2 Å². The number of ether oxygens (including phenoxy) is 1. The molecule has 0 bridgehead atoms. The van der Waals surface area contributed by atoms with Gasteiger partial charge in [0.25, 0.3) is 0 Å². The number of aryl methyl sites for hydroxylation is 2. The third kappa shape index (κ3) is 4.86. The van der Waals surface area contributed by atoms with E-state index in [1.807, 2.05) is 25.3 Å². The van der Waals surface area contributed by atoms with Gasteiger partial charge in [0.05, 0.1) is 41.3 Å². The van der Waals surface area contributed by atoms with Crippen molar-refractivity contribution in [3.05, 3.63) is 64.1 Å². The van der Waals surface area contributed by atoms with Crippen LogP contribution in [-0.2, 0) is 22.6 Å². The molecule has 9 heteroatoms. The van der Waals surface area contributed by atoms with E-state index in [1.165, 1.54) is 7.11 Å². The number of carbonyl (C=O) groups is 2. The fourth-order valence-corrected chi connectivity index (χ4v) is 3.02. The Labute approximate surface area is 170 Å². The Balaban J connectivity index is 1.58. The number of anilines is 1. The number of nitrogens with zero attached hydrogens (tertiary/aromatic N) is 4. The van der Waals surface area contributed by atoms with Crippen LogP contribution in [0.2, 0.25) is 0 Å². The average molecular weight is 446 g/mol. The molecule has 0 unspecified atom stereocenters. The lowest BCUT2D eigenvalue weighted by Crippen LogP contribution is -2.14. The Hall–Kier alpha value is -2.94. The molecule has 0 aliphatic heterocycles. The molecule has 146 valence electrons. The van der Waals surface area contributed by atoms with Gasteiger partial charge in [-0.05, 0) is 34.5 Å². The topological polar surface area (TPSA) is 91.0 Å². The molecule has 2 heterocycles. The fraction of sp³-hybridized carbons (Fsp3) is 0.263. The molecule has 0 fully saturated rings. The minimum Gasteiger partial charge on any atom is -0.465 e. The van der Waals surface area contributed by atoms with Crippen LogP contribution in [-0.4, -0.2) is 38.5 Å². The number of rotatable bonds is 7. The largest absolute Gasteiger partial charge is 0.465 e. The van der Waals surface area contributed by atoms with Gasteiger partial charge in [0.15, 0.2) is 0 Å². The second-order valence-corrected chi connectivity index (χ2v) is 7.05. The highest BCUT2D eigenvalue weighted by Gasteiger charge is 2.12. The van der Waals surface area contributed by atoms with Crippen LogP contribution in [0, 0.1) is 6.92 Å². The molecule has 0 aliphatic carbocycles. The second-order valence-electron chi connectivity index (χ2n) is 6.20. The molecule has 2 aromatic heterocycles. The van der Waals surface area contributed by atoms with Crippen molar-refractivity contribution in [2.45, 2.75) is 26.4 Å². The number of esters is 1. The first-order valence-corrected chi connectivity index (χ1v) is 9.43. The molecule has 1 amide bonds. The fourth-order valence-electron chi connectivity index (χ4n) is 2.70. The SMILES string of the molecule is COC(=O)c1ccccc1Cn1cc(NC(=O)CCn2cc(Br)c(C)n2)cn1. The van der Waals surface area contributed by atoms with Crippen molar-refractivity contribution in [3.8, 4) is 0 Å². The maximum absolute atomic E-state index is 12.2.